The van der Waals surface area contributed by atoms with Gasteiger partial charge in [0, 0.05) is 6.20 Å². The Bertz CT molecular complexity index is 987. The second kappa shape index (κ2) is 6.25. The van der Waals surface area contributed by atoms with Gasteiger partial charge in [-0.15, -0.1) is 0 Å². The first-order chi connectivity index (χ1) is 11.8. The van der Waals surface area contributed by atoms with E-state index in [2.05, 4.69) is 19.9 Å². The highest BCUT2D eigenvalue weighted by atomic mass is 35.5. The summed E-state index contributed by atoms with van der Waals surface area (Å²) < 4.78 is 7.67. The second-order valence-electron chi connectivity index (χ2n) is 5.02. The average molecular weight is 338 g/mol. The van der Waals surface area contributed by atoms with Gasteiger partial charge in [-0.1, -0.05) is 29.8 Å². The fourth-order valence-electron chi connectivity index (χ4n) is 2.40. The third-order valence-corrected chi connectivity index (χ3v) is 3.73. The first-order valence-corrected chi connectivity index (χ1v) is 7.67. The number of fused-ring (bicyclic) bond motifs is 1. The van der Waals surface area contributed by atoms with Crippen LogP contribution in [0.25, 0.3) is 16.9 Å². The van der Waals surface area contributed by atoms with Gasteiger partial charge in [0.1, 0.15) is 18.0 Å². The molecule has 118 valence electrons. The van der Waals surface area contributed by atoms with Crippen LogP contribution in [0.1, 0.15) is 5.69 Å². The maximum absolute atomic E-state index is 6.26. The Kier molecular flexibility index (Phi) is 3.80. The Morgan fingerprint density at radius 1 is 1.04 bits per heavy atom. The number of hydrogen-bond donors (Lipinski definition) is 0. The second-order valence-corrected chi connectivity index (χ2v) is 5.43. The smallest absolute Gasteiger partial charge is 0.303 e. The molecule has 0 N–H and O–H groups in total. The molecule has 0 radical (unpaired) electrons. The molecule has 6 nitrogen and oxygen atoms in total. The van der Waals surface area contributed by atoms with E-state index in [-0.39, 0.29) is 0 Å². The molecule has 0 fully saturated rings. The fraction of sp³-hybridized carbons (Fsp3) is 0.0588. The number of aromatic nitrogens is 5. The lowest BCUT2D eigenvalue weighted by molar-refractivity contribution is 0.273. The van der Waals surface area contributed by atoms with Gasteiger partial charge < -0.3 is 4.74 Å². The number of imidazole rings is 1. The van der Waals surface area contributed by atoms with Crippen molar-refractivity contribution in [2.24, 2.45) is 0 Å². The van der Waals surface area contributed by atoms with Crippen LogP contribution < -0.4 is 4.74 Å². The highest BCUT2D eigenvalue weighted by Crippen LogP contribution is 2.28. The molecule has 4 aromatic rings. The van der Waals surface area contributed by atoms with Crippen LogP contribution >= 0.6 is 11.6 Å². The van der Waals surface area contributed by atoms with E-state index in [1.807, 2.05) is 42.5 Å². The van der Waals surface area contributed by atoms with Crippen molar-refractivity contribution in [2.45, 2.75) is 6.61 Å². The van der Waals surface area contributed by atoms with Crippen molar-refractivity contribution in [3.63, 3.8) is 0 Å². The summed E-state index contributed by atoms with van der Waals surface area (Å²) in [6, 6.07) is 13.8. The molecular weight excluding hydrogens is 326 g/mol. The maximum atomic E-state index is 6.26. The molecule has 4 rings (SSSR count). The van der Waals surface area contributed by atoms with E-state index in [0.29, 0.717) is 23.5 Å². The summed E-state index contributed by atoms with van der Waals surface area (Å²) in [6.07, 6.45) is 4.71. The Balaban J connectivity index is 1.80. The molecule has 0 aliphatic carbocycles. The van der Waals surface area contributed by atoms with Crippen molar-refractivity contribution >= 4 is 22.6 Å². The number of rotatable bonds is 4. The lowest BCUT2D eigenvalue weighted by atomic mass is 10.3. The van der Waals surface area contributed by atoms with E-state index in [4.69, 9.17) is 16.3 Å². The Labute approximate surface area is 142 Å². The van der Waals surface area contributed by atoms with Gasteiger partial charge in [-0.25, -0.2) is 14.5 Å². The van der Waals surface area contributed by atoms with Crippen molar-refractivity contribution in [2.75, 3.05) is 0 Å². The summed E-state index contributed by atoms with van der Waals surface area (Å²) in [5.41, 5.74) is 2.46. The van der Waals surface area contributed by atoms with E-state index in [1.54, 1.807) is 17.0 Å². The van der Waals surface area contributed by atoms with E-state index in [0.717, 1.165) is 16.7 Å². The number of pyridine rings is 1. The molecule has 0 aliphatic rings. The Morgan fingerprint density at radius 2 is 1.92 bits per heavy atom. The predicted octanol–water partition coefficient (Wildman–Crippen LogP) is 3.44. The molecule has 0 amide bonds. The quantitative estimate of drug-likeness (QED) is 0.570. The van der Waals surface area contributed by atoms with Crippen LogP contribution in [0.4, 0.5) is 0 Å². The molecule has 0 aliphatic heterocycles. The summed E-state index contributed by atoms with van der Waals surface area (Å²) in [6.45, 7) is 0.298. The first kappa shape index (κ1) is 14.6. The number of para-hydroxylation sites is 2. The summed E-state index contributed by atoms with van der Waals surface area (Å²) >= 11 is 6.26. The van der Waals surface area contributed by atoms with Crippen LogP contribution in [0, 0.1) is 0 Å². The van der Waals surface area contributed by atoms with Gasteiger partial charge in [0.15, 0.2) is 5.82 Å². The number of hydrogen-bond acceptors (Lipinski definition) is 5. The summed E-state index contributed by atoms with van der Waals surface area (Å²) in [7, 11) is 0. The predicted molar refractivity (Wildman–Crippen MR) is 90.2 cm³/mol. The van der Waals surface area contributed by atoms with Crippen molar-refractivity contribution in [1.82, 2.24) is 24.5 Å². The van der Waals surface area contributed by atoms with Gasteiger partial charge in [-0.05, 0) is 24.3 Å². The highest BCUT2D eigenvalue weighted by Gasteiger charge is 2.17. The number of benzene rings is 1. The van der Waals surface area contributed by atoms with Crippen LogP contribution in [0.2, 0.25) is 5.02 Å². The minimum atomic E-state index is 0.298. The van der Waals surface area contributed by atoms with Crippen molar-refractivity contribution < 1.29 is 4.74 Å². The number of nitrogens with zero attached hydrogens (tertiary/aromatic N) is 5. The van der Waals surface area contributed by atoms with Gasteiger partial charge in [0.05, 0.1) is 22.9 Å². The van der Waals surface area contributed by atoms with E-state index in [9.17, 15) is 0 Å². The average Bonchev–Trinajstić information content (AvgIpc) is 2.99. The standard InChI is InChI=1S/C17H12ClN5O/c18-13-9-19-11-21-16(13)23-15-7-2-1-6-14(15)22-17(23)24-10-12-5-3-4-8-20-12/h1-9,11H,10H2. The fourth-order valence-corrected chi connectivity index (χ4v) is 2.59. The molecular formula is C17H12ClN5O. The Hall–Kier alpha value is -2.99. The minimum absolute atomic E-state index is 0.298. The van der Waals surface area contributed by atoms with Gasteiger partial charge in [-0.2, -0.15) is 4.98 Å². The zero-order valence-corrected chi connectivity index (χ0v) is 13.3. The van der Waals surface area contributed by atoms with E-state index in [1.165, 1.54) is 6.33 Å². The summed E-state index contributed by atoms with van der Waals surface area (Å²) in [4.78, 5) is 17.0. The lowest BCUT2D eigenvalue weighted by Crippen LogP contribution is -2.05. The SMILES string of the molecule is Clc1cncnc1-n1c(OCc2ccccn2)nc2ccccc21. The Morgan fingerprint density at radius 3 is 2.75 bits per heavy atom. The third kappa shape index (κ3) is 2.68. The monoisotopic (exact) mass is 337 g/mol. The van der Waals surface area contributed by atoms with Crippen LogP contribution in [0.5, 0.6) is 6.01 Å². The van der Waals surface area contributed by atoms with Gasteiger partial charge in [0.2, 0.25) is 0 Å². The topological polar surface area (TPSA) is 65.7 Å². The van der Waals surface area contributed by atoms with Crippen LogP contribution in [-0.2, 0) is 6.61 Å². The zero-order valence-electron chi connectivity index (χ0n) is 12.5. The zero-order chi connectivity index (χ0) is 16.4. The van der Waals surface area contributed by atoms with Gasteiger partial charge in [0.25, 0.3) is 0 Å². The van der Waals surface area contributed by atoms with Crippen LogP contribution in [-0.4, -0.2) is 24.5 Å². The van der Waals surface area contributed by atoms with Gasteiger partial charge in [-0.3, -0.25) is 4.98 Å². The molecule has 0 saturated heterocycles. The molecule has 3 heterocycles. The molecule has 7 heteroatoms. The number of halogens is 1. The molecule has 0 bridgehead atoms. The van der Waals surface area contributed by atoms with Crippen LogP contribution in [0.15, 0.2) is 61.2 Å². The van der Waals surface area contributed by atoms with Crippen molar-refractivity contribution in [3.05, 3.63) is 71.9 Å². The molecule has 0 saturated carbocycles. The van der Waals surface area contributed by atoms with Crippen LogP contribution in [0.3, 0.4) is 0 Å². The summed E-state index contributed by atoms with van der Waals surface area (Å²) in [5.74, 6) is 0.524. The largest absolute Gasteiger partial charge is 0.458 e. The normalized spacial score (nSPS) is 10.9. The maximum Gasteiger partial charge on any atom is 0.303 e. The van der Waals surface area contributed by atoms with Crippen molar-refractivity contribution in [3.8, 4) is 11.8 Å². The molecule has 0 spiro atoms. The van der Waals surface area contributed by atoms with E-state index >= 15 is 0 Å². The first-order valence-electron chi connectivity index (χ1n) is 7.29. The molecule has 0 unspecified atom stereocenters. The molecule has 3 aromatic heterocycles. The number of ether oxygens (including phenoxy) is 1. The lowest BCUT2D eigenvalue weighted by Gasteiger charge is -2.10. The third-order valence-electron chi connectivity index (χ3n) is 3.47. The van der Waals surface area contributed by atoms with Gasteiger partial charge >= 0.3 is 6.01 Å². The van der Waals surface area contributed by atoms with E-state index < -0.39 is 0 Å². The highest BCUT2D eigenvalue weighted by molar-refractivity contribution is 6.32. The molecule has 1 aromatic carbocycles. The van der Waals surface area contributed by atoms with Crippen molar-refractivity contribution in [1.29, 1.82) is 0 Å². The minimum Gasteiger partial charge on any atom is -0.458 e. The molecule has 24 heavy (non-hydrogen) atoms. The molecule has 0 atom stereocenters. The summed E-state index contributed by atoms with van der Waals surface area (Å²) in [5, 5.41) is 0.420.